The van der Waals surface area contributed by atoms with Crippen LogP contribution in [0.1, 0.15) is 15.2 Å². The Bertz CT molecular complexity index is 833. The number of nitrogens with one attached hydrogen (secondary N) is 1. The molecule has 3 rings (SSSR count). The van der Waals surface area contributed by atoms with Gasteiger partial charge in [0.25, 0.3) is 5.56 Å². The van der Waals surface area contributed by atoms with Gasteiger partial charge in [0.2, 0.25) is 11.9 Å². The number of nitrogens with zero attached hydrogens (tertiary/aromatic N) is 2. The number of fused-ring (bicyclic) bond motifs is 1. The van der Waals surface area contributed by atoms with Crippen LogP contribution in [0.4, 0.5) is 5.13 Å². The number of anilines is 1. The van der Waals surface area contributed by atoms with Crippen molar-refractivity contribution in [1.29, 1.82) is 0 Å². The van der Waals surface area contributed by atoms with E-state index in [4.69, 9.17) is 9.47 Å². The summed E-state index contributed by atoms with van der Waals surface area (Å²) in [5, 5.41) is 4.18. The lowest BCUT2D eigenvalue weighted by atomic mass is 10.2. The second-order valence-corrected chi connectivity index (χ2v) is 5.37. The van der Waals surface area contributed by atoms with E-state index in [-0.39, 0.29) is 16.8 Å². The van der Waals surface area contributed by atoms with Crippen molar-refractivity contribution in [2.75, 3.05) is 19.3 Å². The summed E-state index contributed by atoms with van der Waals surface area (Å²) in [6, 6.07) is 6.47. The minimum atomic E-state index is -0.600. The zero-order valence-corrected chi connectivity index (χ0v) is 12.8. The standard InChI is InChI=1S/C14H11N3O5S/c1-20-13(19)11-5-12(18)16-14(23-11)17-15-6-8-2-3-9-10(4-8)22-7-21-9/h2-6H,7H2,1H3,(H,16,17,18)/b15-6+. The third-order valence-corrected chi connectivity index (χ3v) is 3.71. The van der Waals surface area contributed by atoms with Gasteiger partial charge in [-0.2, -0.15) is 10.1 Å². The number of methoxy groups -OCH3 is 1. The first-order valence-electron chi connectivity index (χ1n) is 6.45. The molecule has 1 aromatic carbocycles. The summed E-state index contributed by atoms with van der Waals surface area (Å²) in [4.78, 5) is 26.8. The fourth-order valence-corrected chi connectivity index (χ4v) is 2.57. The number of esters is 1. The normalized spacial score (nSPS) is 12.4. The molecule has 0 spiro atoms. The molecule has 0 bridgehead atoms. The second-order valence-electron chi connectivity index (χ2n) is 4.34. The van der Waals surface area contributed by atoms with Gasteiger partial charge in [-0.05, 0) is 23.8 Å². The Labute approximate surface area is 134 Å². The van der Waals surface area contributed by atoms with Gasteiger partial charge in [0.1, 0.15) is 4.88 Å². The van der Waals surface area contributed by atoms with Gasteiger partial charge in [-0.25, -0.2) is 4.79 Å². The lowest BCUT2D eigenvalue weighted by Crippen LogP contribution is -2.10. The predicted molar refractivity (Wildman–Crippen MR) is 83.5 cm³/mol. The zero-order chi connectivity index (χ0) is 16.2. The molecule has 9 heteroatoms. The molecule has 1 aromatic heterocycles. The predicted octanol–water partition coefficient (Wildman–Crippen LogP) is 1.46. The molecule has 0 amide bonds. The van der Waals surface area contributed by atoms with Gasteiger partial charge in [-0.1, -0.05) is 11.3 Å². The highest BCUT2D eigenvalue weighted by Crippen LogP contribution is 2.31. The number of hydrogen-bond acceptors (Lipinski definition) is 9. The zero-order valence-electron chi connectivity index (χ0n) is 11.9. The van der Waals surface area contributed by atoms with Crippen LogP contribution in [0.25, 0.3) is 0 Å². The topological polar surface area (TPSA) is 99.1 Å². The first-order valence-corrected chi connectivity index (χ1v) is 7.26. The van der Waals surface area contributed by atoms with Crippen molar-refractivity contribution < 1.29 is 19.0 Å². The third kappa shape index (κ3) is 3.46. The molecule has 1 aliphatic rings. The van der Waals surface area contributed by atoms with E-state index in [2.05, 4.69) is 20.2 Å². The number of hydrogen-bond donors (Lipinski definition) is 1. The highest BCUT2D eigenvalue weighted by Gasteiger charge is 2.12. The molecule has 1 aliphatic heterocycles. The first-order chi connectivity index (χ1) is 11.2. The third-order valence-electron chi connectivity index (χ3n) is 2.83. The van der Waals surface area contributed by atoms with E-state index in [1.54, 1.807) is 18.2 Å². The Kier molecular flexibility index (Phi) is 4.20. The summed E-state index contributed by atoms with van der Waals surface area (Å²) < 4.78 is 15.1. The van der Waals surface area contributed by atoms with Crippen LogP contribution < -0.4 is 20.5 Å². The molecule has 0 saturated heterocycles. The highest BCUT2D eigenvalue weighted by atomic mass is 32.1. The van der Waals surface area contributed by atoms with E-state index in [0.29, 0.717) is 11.5 Å². The van der Waals surface area contributed by atoms with Gasteiger partial charge in [0.05, 0.1) is 13.3 Å². The Morgan fingerprint density at radius 1 is 1.39 bits per heavy atom. The van der Waals surface area contributed by atoms with Crippen LogP contribution in [-0.2, 0) is 4.74 Å². The van der Waals surface area contributed by atoms with Crippen LogP contribution in [0.15, 0.2) is 34.2 Å². The number of hydrazone groups is 1. The molecule has 8 nitrogen and oxygen atoms in total. The van der Waals surface area contributed by atoms with E-state index < -0.39 is 11.5 Å². The average molecular weight is 333 g/mol. The number of carbonyl (C=O) groups is 1. The van der Waals surface area contributed by atoms with Gasteiger partial charge in [0.15, 0.2) is 11.5 Å². The maximum absolute atomic E-state index is 11.5. The van der Waals surface area contributed by atoms with Gasteiger partial charge < -0.3 is 14.2 Å². The van der Waals surface area contributed by atoms with Crippen molar-refractivity contribution in [3.8, 4) is 11.5 Å². The molecular formula is C14H11N3O5S. The summed E-state index contributed by atoms with van der Waals surface area (Å²) in [7, 11) is 1.24. The molecule has 2 heterocycles. The summed E-state index contributed by atoms with van der Waals surface area (Å²) in [6.07, 6.45) is 1.53. The Morgan fingerprint density at radius 2 is 2.22 bits per heavy atom. The molecule has 118 valence electrons. The monoisotopic (exact) mass is 333 g/mol. The Morgan fingerprint density at radius 3 is 3.04 bits per heavy atom. The minimum Gasteiger partial charge on any atom is -0.465 e. The first kappa shape index (κ1) is 15.0. The summed E-state index contributed by atoms with van der Waals surface area (Å²) >= 11 is 0.969. The summed E-state index contributed by atoms with van der Waals surface area (Å²) in [6.45, 7) is 0.201. The highest BCUT2D eigenvalue weighted by molar-refractivity contribution is 7.17. The smallest absolute Gasteiger partial charge is 0.348 e. The number of carbonyl (C=O) groups excluding carboxylic acids is 1. The number of benzene rings is 1. The van der Waals surface area contributed by atoms with Crippen LogP contribution in [0, 0.1) is 0 Å². The van der Waals surface area contributed by atoms with Crippen LogP contribution in [0.5, 0.6) is 11.5 Å². The van der Waals surface area contributed by atoms with Crippen molar-refractivity contribution in [3.63, 3.8) is 0 Å². The van der Waals surface area contributed by atoms with Crippen molar-refractivity contribution in [1.82, 2.24) is 4.98 Å². The van der Waals surface area contributed by atoms with Crippen molar-refractivity contribution >= 4 is 28.7 Å². The molecular weight excluding hydrogens is 322 g/mol. The van der Waals surface area contributed by atoms with Gasteiger partial charge in [0, 0.05) is 6.07 Å². The molecule has 0 radical (unpaired) electrons. The summed E-state index contributed by atoms with van der Waals surface area (Å²) in [5.41, 5.74) is 2.84. The van der Waals surface area contributed by atoms with E-state index in [0.717, 1.165) is 23.0 Å². The lowest BCUT2D eigenvalue weighted by molar-refractivity contribution is 0.0606. The maximum atomic E-state index is 11.5. The number of ether oxygens (including phenoxy) is 3. The molecule has 0 atom stereocenters. The molecule has 2 aromatic rings. The van der Waals surface area contributed by atoms with E-state index >= 15 is 0 Å². The number of aromatic nitrogens is 1. The van der Waals surface area contributed by atoms with E-state index in [9.17, 15) is 9.59 Å². The molecule has 0 saturated carbocycles. The second kappa shape index (κ2) is 6.44. The largest absolute Gasteiger partial charge is 0.465 e. The van der Waals surface area contributed by atoms with Crippen LogP contribution >= 0.6 is 11.3 Å². The fraction of sp³-hybridized carbons (Fsp3) is 0.143. The minimum absolute atomic E-state index is 0.147. The SMILES string of the molecule is COC(=O)c1cc(=O)nc(N/N=C/c2ccc3c(c2)OCO3)s1. The average Bonchev–Trinajstić information content (AvgIpc) is 3.01. The molecule has 1 N–H and O–H groups in total. The van der Waals surface area contributed by atoms with Crippen molar-refractivity contribution in [2.45, 2.75) is 0 Å². The fourth-order valence-electron chi connectivity index (χ4n) is 1.81. The van der Waals surface area contributed by atoms with Crippen LogP contribution in [-0.4, -0.2) is 31.1 Å². The molecule has 23 heavy (non-hydrogen) atoms. The van der Waals surface area contributed by atoms with Gasteiger partial charge in [-0.15, -0.1) is 0 Å². The van der Waals surface area contributed by atoms with E-state index in [1.165, 1.54) is 13.3 Å². The molecule has 0 fully saturated rings. The van der Waals surface area contributed by atoms with Crippen LogP contribution in [0.3, 0.4) is 0 Å². The van der Waals surface area contributed by atoms with Crippen molar-refractivity contribution in [2.24, 2.45) is 5.10 Å². The quantitative estimate of drug-likeness (QED) is 0.514. The lowest BCUT2D eigenvalue weighted by Gasteiger charge is -2.01. The van der Waals surface area contributed by atoms with Gasteiger partial charge >= 0.3 is 5.97 Å². The molecule has 0 unspecified atom stereocenters. The Hall–Kier alpha value is -2.94. The van der Waals surface area contributed by atoms with Crippen LogP contribution in [0.2, 0.25) is 0 Å². The molecule has 0 aliphatic carbocycles. The Balaban J connectivity index is 1.74. The van der Waals surface area contributed by atoms with E-state index in [1.807, 2.05) is 0 Å². The van der Waals surface area contributed by atoms with Crippen molar-refractivity contribution in [3.05, 3.63) is 45.1 Å². The number of rotatable bonds is 4. The summed E-state index contributed by atoms with van der Waals surface area (Å²) in [5.74, 6) is 0.725. The maximum Gasteiger partial charge on any atom is 0.348 e. The van der Waals surface area contributed by atoms with Gasteiger partial charge in [-0.3, -0.25) is 10.2 Å².